The number of oxazole rings is 1. The fraction of sp³-hybridized carbons (Fsp3) is 0.333. The Hall–Kier alpha value is -2.16. The van der Waals surface area contributed by atoms with Crippen LogP contribution in [0.4, 0.5) is 13.2 Å². The Morgan fingerprint density at radius 2 is 1.96 bits per heavy atom. The molecule has 0 saturated carbocycles. The van der Waals surface area contributed by atoms with Crippen molar-refractivity contribution in [2.75, 3.05) is 0 Å². The lowest BCUT2D eigenvalue weighted by Crippen LogP contribution is -2.25. The number of benzene rings is 1. The van der Waals surface area contributed by atoms with Gasteiger partial charge in [-0.15, -0.1) is 0 Å². The highest BCUT2D eigenvalue weighted by Crippen LogP contribution is 2.30. The summed E-state index contributed by atoms with van der Waals surface area (Å²) in [6.45, 7) is 1.62. The molecule has 1 heterocycles. The molecule has 1 N–H and O–H groups in total. The smallest absolute Gasteiger partial charge is 0.416 e. The summed E-state index contributed by atoms with van der Waals surface area (Å²) < 4.78 is 54.8. The van der Waals surface area contributed by atoms with Gasteiger partial charge in [0.05, 0.1) is 17.0 Å². The van der Waals surface area contributed by atoms with E-state index in [9.17, 15) is 22.2 Å². The first-order chi connectivity index (χ1) is 11.2. The standard InChI is InChI=1S/C15H14F3NO4S/c1-2-12(14(20)21)24(22)8-11-7-23-13(19-11)9-3-5-10(6-4-9)15(16,17)18/h3-7,12H,2,8H2,1H3,(H,20,21). The molecule has 0 spiro atoms. The van der Waals surface area contributed by atoms with Crippen LogP contribution in [0, 0.1) is 0 Å². The highest BCUT2D eigenvalue weighted by Gasteiger charge is 2.30. The summed E-state index contributed by atoms with van der Waals surface area (Å²) in [5.41, 5.74) is -0.167. The van der Waals surface area contributed by atoms with Crippen LogP contribution in [0.3, 0.4) is 0 Å². The monoisotopic (exact) mass is 361 g/mol. The van der Waals surface area contributed by atoms with E-state index in [2.05, 4.69) is 4.98 Å². The molecule has 5 nitrogen and oxygen atoms in total. The molecule has 0 aliphatic heterocycles. The Bertz CT molecular complexity index is 740. The summed E-state index contributed by atoms with van der Waals surface area (Å²) in [6, 6.07) is 4.27. The molecule has 130 valence electrons. The van der Waals surface area contributed by atoms with Crippen molar-refractivity contribution in [1.29, 1.82) is 0 Å². The van der Waals surface area contributed by atoms with E-state index in [1.54, 1.807) is 6.92 Å². The van der Waals surface area contributed by atoms with Gasteiger partial charge in [-0.1, -0.05) is 6.92 Å². The Balaban J connectivity index is 2.13. The first kappa shape index (κ1) is 18.2. The van der Waals surface area contributed by atoms with E-state index >= 15 is 0 Å². The van der Waals surface area contributed by atoms with Crippen LogP contribution in [0.5, 0.6) is 0 Å². The van der Waals surface area contributed by atoms with Gasteiger partial charge in [0.1, 0.15) is 11.5 Å². The van der Waals surface area contributed by atoms with Crippen LogP contribution in [0.1, 0.15) is 24.6 Å². The third kappa shape index (κ3) is 4.22. The Labute approximate surface area is 138 Å². The van der Waals surface area contributed by atoms with Crippen molar-refractivity contribution in [2.45, 2.75) is 30.5 Å². The van der Waals surface area contributed by atoms with Gasteiger partial charge in [-0.3, -0.25) is 9.00 Å². The molecule has 0 fully saturated rings. The highest BCUT2D eigenvalue weighted by molar-refractivity contribution is 7.85. The number of rotatable bonds is 6. The van der Waals surface area contributed by atoms with Gasteiger partial charge < -0.3 is 9.52 Å². The molecule has 0 radical (unpaired) electrons. The summed E-state index contributed by atoms with van der Waals surface area (Å²) in [7, 11) is -1.67. The highest BCUT2D eigenvalue weighted by atomic mass is 32.2. The van der Waals surface area contributed by atoms with Crippen LogP contribution in [0.2, 0.25) is 0 Å². The predicted octanol–water partition coefficient (Wildman–Crippen LogP) is 3.47. The first-order valence-corrected chi connectivity index (χ1v) is 8.32. The molecule has 0 amide bonds. The summed E-state index contributed by atoms with van der Waals surface area (Å²) in [5.74, 6) is -1.17. The van der Waals surface area contributed by atoms with Crippen LogP contribution >= 0.6 is 0 Å². The van der Waals surface area contributed by atoms with Crippen molar-refractivity contribution in [3.63, 3.8) is 0 Å². The van der Waals surface area contributed by atoms with E-state index in [4.69, 9.17) is 9.52 Å². The first-order valence-electron chi connectivity index (χ1n) is 6.94. The van der Waals surface area contributed by atoms with E-state index in [-0.39, 0.29) is 23.8 Å². The molecule has 0 aliphatic carbocycles. The zero-order valence-electron chi connectivity index (χ0n) is 12.5. The topological polar surface area (TPSA) is 80.4 Å². The van der Waals surface area contributed by atoms with Gasteiger partial charge in [-0.2, -0.15) is 13.2 Å². The number of carbonyl (C=O) groups is 1. The van der Waals surface area contributed by atoms with Crippen molar-refractivity contribution < 1.29 is 31.7 Å². The maximum atomic E-state index is 12.5. The number of hydrogen-bond acceptors (Lipinski definition) is 4. The lowest BCUT2D eigenvalue weighted by atomic mass is 10.1. The number of carboxylic acids is 1. The molecular formula is C15H14F3NO4S. The SMILES string of the molecule is CCC(C(=O)O)S(=O)Cc1coc(-c2ccc(C(F)(F)F)cc2)n1. The lowest BCUT2D eigenvalue weighted by Gasteiger charge is -2.07. The molecule has 0 aliphatic rings. The van der Waals surface area contributed by atoms with Gasteiger partial charge in [0.2, 0.25) is 5.89 Å². The average Bonchev–Trinajstić information content (AvgIpc) is 2.95. The Morgan fingerprint density at radius 1 is 1.33 bits per heavy atom. The van der Waals surface area contributed by atoms with E-state index in [0.29, 0.717) is 5.56 Å². The average molecular weight is 361 g/mol. The second kappa shape index (κ2) is 7.16. The van der Waals surface area contributed by atoms with Crippen molar-refractivity contribution in [3.8, 4) is 11.5 Å². The maximum absolute atomic E-state index is 12.5. The van der Waals surface area contributed by atoms with Crippen LogP contribution < -0.4 is 0 Å². The molecule has 2 rings (SSSR count). The largest absolute Gasteiger partial charge is 0.480 e. The van der Waals surface area contributed by atoms with Gasteiger partial charge in [-0.05, 0) is 30.7 Å². The molecule has 2 aromatic rings. The number of carboxylic acid groups (broad SMARTS) is 1. The molecule has 2 unspecified atom stereocenters. The number of nitrogens with zero attached hydrogens (tertiary/aromatic N) is 1. The minimum absolute atomic E-state index is 0.0825. The zero-order chi connectivity index (χ0) is 17.9. The quantitative estimate of drug-likeness (QED) is 0.852. The Kier molecular flexibility index (Phi) is 5.43. The molecule has 1 aromatic carbocycles. The molecule has 0 bridgehead atoms. The van der Waals surface area contributed by atoms with Gasteiger partial charge in [-0.25, -0.2) is 4.98 Å². The van der Waals surface area contributed by atoms with Crippen molar-refractivity contribution in [1.82, 2.24) is 4.98 Å². The molecule has 1 aromatic heterocycles. The fourth-order valence-corrected chi connectivity index (χ4v) is 3.25. The number of hydrogen-bond donors (Lipinski definition) is 1. The summed E-state index contributed by atoms with van der Waals surface area (Å²) in [6.07, 6.45) is -2.99. The summed E-state index contributed by atoms with van der Waals surface area (Å²) >= 11 is 0. The third-order valence-electron chi connectivity index (χ3n) is 3.26. The van der Waals surface area contributed by atoms with Crippen LogP contribution in [0.15, 0.2) is 34.9 Å². The van der Waals surface area contributed by atoms with Crippen LogP contribution in [-0.4, -0.2) is 25.5 Å². The van der Waals surface area contributed by atoms with Crippen molar-refractivity contribution in [2.24, 2.45) is 0 Å². The van der Waals surface area contributed by atoms with E-state index in [1.807, 2.05) is 0 Å². The molecule has 2 atom stereocenters. The number of alkyl halides is 3. The molecule has 24 heavy (non-hydrogen) atoms. The molecule has 9 heteroatoms. The summed E-state index contributed by atoms with van der Waals surface area (Å²) in [4.78, 5) is 15.0. The predicted molar refractivity (Wildman–Crippen MR) is 80.5 cm³/mol. The molecular weight excluding hydrogens is 347 g/mol. The van der Waals surface area contributed by atoms with E-state index in [0.717, 1.165) is 12.1 Å². The minimum atomic E-state index is -4.43. The minimum Gasteiger partial charge on any atom is -0.480 e. The van der Waals surface area contributed by atoms with Gasteiger partial charge in [0, 0.05) is 16.4 Å². The van der Waals surface area contributed by atoms with E-state index < -0.39 is 33.8 Å². The van der Waals surface area contributed by atoms with Crippen molar-refractivity contribution >= 4 is 16.8 Å². The Morgan fingerprint density at radius 3 is 2.46 bits per heavy atom. The van der Waals surface area contributed by atoms with Crippen molar-refractivity contribution in [3.05, 3.63) is 41.8 Å². The maximum Gasteiger partial charge on any atom is 0.416 e. The van der Waals surface area contributed by atoms with Crippen LogP contribution in [0.25, 0.3) is 11.5 Å². The normalized spacial score (nSPS) is 14.3. The van der Waals surface area contributed by atoms with Crippen LogP contribution in [-0.2, 0) is 27.5 Å². The number of halogens is 3. The van der Waals surface area contributed by atoms with Gasteiger partial charge in [0.25, 0.3) is 0 Å². The van der Waals surface area contributed by atoms with E-state index in [1.165, 1.54) is 18.4 Å². The fourth-order valence-electron chi connectivity index (χ4n) is 2.03. The summed E-state index contributed by atoms with van der Waals surface area (Å²) in [5, 5.41) is 7.96. The van der Waals surface area contributed by atoms with Gasteiger partial charge >= 0.3 is 12.1 Å². The second-order valence-electron chi connectivity index (χ2n) is 4.98. The second-order valence-corrected chi connectivity index (χ2v) is 6.60. The lowest BCUT2D eigenvalue weighted by molar-refractivity contribution is -0.138. The third-order valence-corrected chi connectivity index (χ3v) is 5.01. The number of aliphatic carboxylic acids is 1. The molecule has 0 saturated heterocycles. The van der Waals surface area contributed by atoms with Gasteiger partial charge in [0.15, 0.2) is 0 Å². The number of aromatic nitrogens is 1. The zero-order valence-corrected chi connectivity index (χ0v) is 13.4.